The van der Waals surface area contributed by atoms with Gasteiger partial charge in [-0.05, 0) is 31.9 Å². The minimum Gasteiger partial charge on any atom is -0.394 e. The first-order chi connectivity index (χ1) is 9.60. The first kappa shape index (κ1) is 14.8. The molecule has 2 aromatic rings. The van der Waals surface area contributed by atoms with Crippen LogP contribution in [0.25, 0.3) is 0 Å². The van der Waals surface area contributed by atoms with Crippen molar-refractivity contribution in [3.63, 3.8) is 0 Å². The molecule has 2 N–H and O–H groups in total. The van der Waals surface area contributed by atoms with Crippen LogP contribution < -0.4 is 5.32 Å². The minimum absolute atomic E-state index is 0.0352. The van der Waals surface area contributed by atoms with Gasteiger partial charge in [0.2, 0.25) is 0 Å². The lowest BCUT2D eigenvalue weighted by atomic mass is 10.0. The van der Waals surface area contributed by atoms with Crippen molar-refractivity contribution < 1.29 is 5.11 Å². The van der Waals surface area contributed by atoms with E-state index in [1.54, 1.807) is 0 Å². The van der Waals surface area contributed by atoms with Crippen LogP contribution in [0.15, 0.2) is 48.5 Å². The van der Waals surface area contributed by atoms with Crippen molar-refractivity contribution in [1.29, 1.82) is 0 Å². The zero-order valence-electron chi connectivity index (χ0n) is 12.4. The first-order valence-electron chi connectivity index (χ1n) is 7.10. The van der Waals surface area contributed by atoms with Gasteiger partial charge in [0.25, 0.3) is 0 Å². The summed E-state index contributed by atoms with van der Waals surface area (Å²) >= 11 is 0. The summed E-state index contributed by atoms with van der Waals surface area (Å²) in [6.07, 6.45) is 0. The number of rotatable bonds is 5. The van der Waals surface area contributed by atoms with Crippen molar-refractivity contribution in [2.45, 2.75) is 32.9 Å². The number of hydrogen-bond acceptors (Lipinski definition) is 2. The molecular weight excluding hydrogens is 246 g/mol. The maximum Gasteiger partial charge on any atom is 0.0626 e. The molecule has 0 heterocycles. The van der Waals surface area contributed by atoms with Gasteiger partial charge in [0.15, 0.2) is 0 Å². The van der Waals surface area contributed by atoms with Gasteiger partial charge in [-0.15, -0.1) is 0 Å². The van der Waals surface area contributed by atoms with E-state index in [9.17, 15) is 5.11 Å². The van der Waals surface area contributed by atoms with E-state index in [0.717, 1.165) is 5.56 Å². The lowest BCUT2D eigenvalue weighted by Gasteiger charge is -2.23. The van der Waals surface area contributed by atoms with Crippen molar-refractivity contribution >= 4 is 0 Å². The normalized spacial score (nSPS) is 14.0. The molecule has 2 atom stereocenters. The van der Waals surface area contributed by atoms with Crippen molar-refractivity contribution in [2.75, 3.05) is 6.61 Å². The van der Waals surface area contributed by atoms with Crippen molar-refractivity contribution in [2.24, 2.45) is 0 Å². The van der Waals surface area contributed by atoms with Gasteiger partial charge >= 0.3 is 0 Å². The fourth-order valence-corrected chi connectivity index (χ4v) is 2.60. The highest BCUT2D eigenvalue weighted by atomic mass is 16.3. The van der Waals surface area contributed by atoms with Gasteiger partial charge in [-0.25, -0.2) is 0 Å². The highest BCUT2D eigenvalue weighted by molar-refractivity contribution is 5.31. The van der Waals surface area contributed by atoms with Gasteiger partial charge in [-0.1, -0.05) is 59.7 Å². The number of aryl methyl sites for hydroxylation is 2. The molecule has 0 fully saturated rings. The molecule has 0 aliphatic carbocycles. The Morgan fingerprint density at radius 1 is 0.950 bits per heavy atom. The standard InChI is InChI=1S/C18H23NO/c1-13-9-14(2)11-17(10-13)15(3)19-18(12-20)16-7-5-4-6-8-16/h4-11,15,18-20H,12H2,1-3H3/t15?,18-/m0/s1. The van der Waals surface area contributed by atoms with Crippen molar-refractivity contribution in [3.05, 3.63) is 70.8 Å². The Hall–Kier alpha value is -1.64. The molecule has 2 rings (SSSR count). The zero-order chi connectivity index (χ0) is 14.5. The summed E-state index contributed by atoms with van der Waals surface area (Å²) in [5.74, 6) is 0. The van der Waals surface area contributed by atoms with E-state index >= 15 is 0 Å². The molecule has 106 valence electrons. The van der Waals surface area contributed by atoms with Crippen LogP contribution >= 0.6 is 0 Å². The molecule has 2 nitrogen and oxygen atoms in total. The SMILES string of the molecule is Cc1cc(C)cc(C(C)N[C@@H](CO)c2ccccc2)c1. The molecule has 0 radical (unpaired) electrons. The number of benzene rings is 2. The van der Waals surface area contributed by atoms with Crippen LogP contribution in [0.2, 0.25) is 0 Å². The van der Waals surface area contributed by atoms with Crippen LogP contribution in [-0.2, 0) is 0 Å². The third-order valence-electron chi connectivity index (χ3n) is 3.58. The van der Waals surface area contributed by atoms with E-state index in [1.165, 1.54) is 16.7 Å². The average molecular weight is 269 g/mol. The van der Waals surface area contributed by atoms with Crippen LogP contribution in [0.5, 0.6) is 0 Å². The van der Waals surface area contributed by atoms with Crippen molar-refractivity contribution in [1.82, 2.24) is 5.32 Å². The van der Waals surface area contributed by atoms with Gasteiger partial charge < -0.3 is 10.4 Å². The number of aliphatic hydroxyl groups is 1. The van der Waals surface area contributed by atoms with E-state index in [0.29, 0.717) is 0 Å². The fourth-order valence-electron chi connectivity index (χ4n) is 2.60. The van der Waals surface area contributed by atoms with Crippen molar-refractivity contribution in [3.8, 4) is 0 Å². The second-order valence-electron chi connectivity index (χ2n) is 5.46. The molecule has 0 aromatic heterocycles. The predicted octanol–water partition coefficient (Wildman–Crippen LogP) is 3.69. The Balaban J connectivity index is 2.15. The largest absolute Gasteiger partial charge is 0.394 e. The summed E-state index contributed by atoms with van der Waals surface area (Å²) in [6, 6.07) is 16.8. The maximum absolute atomic E-state index is 9.62. The third kappa shape index (κ3) is 3.69. The number of nitrogens with one attached hydrogen (secondary N) is 1. The molecule has 20 heavy (non-hydrogen) atoms. The highest BCUT2D eigenvalue weighted by Crippen LogP contribution is 2.21. The Morgan fingerprint density at radius 2 is 1.55 bits per heavy atom. The van der Waals surface area contributed by atoms with Gasteiger partial charge in [0.05, 0.1) is 12.6 Å². The zero-order valence-corrected chi connectivity index (χ0v) is 12.4. The third-order valence-corrected chi connectivity index (χ3v) is 3.58. The average Bonchev–Trinajstić information content (AvgIpc) is 2.44. The minimum atomic E-state index is -0.0352. The summed E-state index contributed by atoms with van der Waals surface area (Å²) in [5.41, 5.74) is 4.92. The molecule has 0 bridgehead atoms. The van der Waals surface area contributed by atoms with Gasteiger partial charge in [0, 0.05) is 6.04 Å². The Labute approximate surface area is 121 Å². The number of hydrogen-bond donors (Lipinski definition) is 2. The maximum atomic E-state index is 9.62. The molecule has 2 heteroatoms. The van der Waals surface area contributed by atoms with Gasteiger partial charge in [0.1, 0.15) is 0 Å². The fraction of sp³-hybridized carbons (Fsp3) is 0.333. The summed E-state index contributed by atoms with van der Waals surface area (Å²) in [6.45, 7) is 6.47. The molecule has 1 unspecified atom stereocenters. The van der Waals surface area contributed by atoms with E-state index in [2.05, 4.69) is 44.3 Å². The lowest BCUT2D eigenvalue weighted by Crippen LogP contribution is -2.27. The predicted molar refractivity (Wildman–Crippen MR) is 83.7 cm³/mol. The summed E-state index contributed by atoms with van der Waals surface area (Å²) in [5, 5.41) is 13.1. The quantitative estimate of drug-likeness (QED) is 0.867. The van der Waals surface area contributed by atoms with Crippen LogP contribution in [-0.4, -0.2) is 11.7 Å². The van der Waals surface area contributed by atoms with Gasteiger partial charge in [-0.2, -0.15) is 0 Å². The Kier molecular flexibility index (Phi) is 4.94. The highest BCUT2D eigenvalue weighted by Gasteiger charge is 2.14. The van der Waals surface area contributed by atoms with E-state index < -0.39 is 0 Å². The molecular formula is C18H23NO. The molecule has 2 aromatic carbocycles. The molecule has 0 aliphatic rings. The summed E-state index contributed by atoms with van der Waals surface area (Å²) < 4.78 is 0. The smallest absolute Gasteiger partial charge is 0.0626 e. The van der Waals surface area contributed by atoms with E-state index in [4.69, 9.17) is 0 Å². The summed E-state index contributed by atoms with van der Waals surface area (Å²) in [7, 11) is 0. The number of aliphatic hydroxyl groups excluding tert-OH is 1. The monoisotopic (exact) mass is 269 g/mol. The van der Waals surface area contributed by atoms with Crippen LogP contribution in [0.3, 0.4) is 0 Å². The molecule has 0 aliphatic heterocycles. The Morgan fingerprint density at radius 3 is 2.10 bits per heavy atom. The van der Waals surface area contributed by atoms with Crippen LogP contribution in [0.1, 0.15) is 41.3 Å². The molecule has 0 saturated carbocycles. The van der Waals surface area contributed by atoms with Gasteiger partial charge in [-0.3, -0.25) is 0 Å². The van der Waals surface area contributed by atoms with E-state index in [1.807, 2.05) is 30.3 Å². The second-order valence-corrected chi connectivity index (χ2v) is 5.46. The lowest BCUT2D eigenvalue weighted by molar-refractivity contribution is 0.235. The summed E-state index contributed by atoms with van der Waals surface area (Å²) in [4.78, 5) is 0. The van der Waals surface area contributed by atoms with E-state index in [-0.39, 0.29) is 18.7 Å². The molecule has 0 spiro atoms. The van der Waals surface area contributed by atoms with Crippen LogP contribution in [0, 0.1) is 13.8 Å². The second kappa shape index (κ2) is 6.69. The molecule has 0 saturated heterocycles. The Bertz CT molecular complexity index is 530. The van der Waals surface area contributed by atoms with Crippen LogP contribution in [0.4, 0.5) is 0 Å². The molecule has 0 amide bonds. The topological polar surface area (TPSA) is 32.3 Å². The first-order valence-corrected chi connectivity index (χ1v) is 7.10.